The van der Waals surface area contributed by atoms with Crippen molar-refractivity contribution in [3.8, 4) is 6.07 Å². The van der Waals surface area contributed by atoms with Crippen molar-refractivity contribution >= 4 is 22.2 Å². The standard InChI is InChI=1S/C8H3BrF2N2O/c9-5-1-4(8(10)11)7(3-14)13-6(5)2-12/h1,3,8H. The first-order valence-electron chi connectivity index (χ1n) is 3.44. The lowest BCUT2D eigenvalue weighted by molar-refractivity contribution is 0.110. The SMILES string of the molecule is N#Cc1nc(C=O)c(C(F)F)cc1Br. The first-order chi connectivity index (χ1) is 6.60. The molecule has 0 unspecified atom stereocenters. The average Bonchev–Trinajstić information content (AvgIpc) is 2.17. The van der Waals surface area contributed by atoms with E-state index in [-0.39, 0.29) is 16.5 Å². The molecule has 0 atom stereocenters. The van der Waals surface area contributed by atoms with Crippen LogP contribution in [0.15, 0.2) is 10.5 Å². The van der Waals surface area contributed by atoms with Gasteiger partial charge in [0, 0.05) is 5.56 Å². The number of hydrogen-bond acceptors (Lipinski definition) is 3. The van der Waals surface area contributed by atoms with E-state index in [2.05, 4.69) is 20.9 Å². The molecule has 1 heterocycles. The monoisotopic (exact) mass is 260 g/mol. The quantitative estimate of drug-likeness (QED) is 0.768. The van der Waals surface area contributed by atoms with Crippen molar-refractivity contribution in [2.45, 2.75) is 6.43 Å². The number of rotatable bonds is 2. The summed E-state index contributed by atoms with van der Waals surface area (Å²) in [5.74, 6) is 0. The summed E-state index contributed by atoms with van der Waals surface area (Å²) in [6.07, 6.45) is -2.58. The largest absolute Gasteiger partial charge is 0.296 e. The molecular weight excluding hydrogens is 258 g/mol. The molecule has 0 bridgehead atoms. The highest BCUT2D eigenvalue weighted by Gasteiger charge is 2.16. The fraction of sp³-hybridized carbons (Fsp3) is 0.125. The topological polar surface area (TPSA) is 53.8 Å². The number of aldehydes is 1. The summed E-state index contributed by atoms with van der Waals surface area (Å²) in [5, 5.41) is 8.52. The molecule has 0 saturated carbocycles. The zero-order chi connectivity index (χ0) is 10.7. The second kappa shape index (κ2) is 4.24. The van der Waals surface area contributed by atoms with Gasteiger partial charge in [-0.25, -0.2) is 13.8 Å². The van der Waals surface area contributed by atoms with Crippen molar-refractivity contribution < 1.29 is 13.6 Å². The third-order valence-electron chi connectivity index (χ3n) is 1.49. The van der Waals surface area contributed by atoms with Crippen LogP contribution in [0, 0.1) is 11.3 Å². The molecule has 72 valence electrons. The van der Waals surface area contributed by atoms with Gasteiger partial charge in [-0.3, -0.25) is 4.79 Å². The minimum absolute atomic E-state index is 0.0866. The van der Waals surface area contributed by atoms with Gasteiger partial charge in [0.15, 0.2) is 12.0 Å². The van der Waals surface area contributed by atoms with Gasteiger partial charge in [-0.05, 0) is 22.0 Å². The molecule has 0 aliphatic heterocycles. The van der Waals surface area contributed by atoms with E-state index in [1.165, 1.54) is 0 Å². The van der Waals surface area contributed by atoms with E-state index in [4.69, 9.17) is 5.26 Å². The summed E-state index contributed by atoms with van der Waals surface area (Å²) >= 11 is 2.90. The molecule has 0 aliphatic carbocycles. The van der Waals surface area contributed by atoms with Crippen LogP contribution in [-0.4, -0.2) is 11.3 Å². The van der Waals surface area contributed by atoms with Crippen molar-refractivity contribution in [2.24, 2.45) is 0 Å². The molecule has 0 amide bonds. The van der Waals surface area contributed by atoms with Crippen LogP contribution >= 0.6 is 15.9 Å². The highest BCUT2D eigenvalue weighted by atomic mass is 79.9. The van der Waals surface area contributed by atoms with Crippen LogP contribution in [0.25, 0.3) is 0 Å². The molecule has 0 spiro atoms. The molecule has 6 heteroatoms. The number of carbonyl (C=O) groups is 1. The Morgan fingerprint density at radius 1 is 1.64 bits per heavy atom. The predicted molar refractivity (Wildman–Crippen MR) is 47.0 cm³/mol. The van der Waals surface area contributed by atoms with Crippen molar-refractivity contribution in [1.82, 2.24) is 4.98 Å². The molecule has 14 heavy (non-hydrogen) atoms. The molecule has 1 aromatic rings. The van der Waals surface area contributed by atoms with Crippen LogP contribution in [-0.2, 0) is 0 Å². The van der Waals surface area contributed by atoms with Gasteiger partial charge in [-0.15, -0.1) is 0 Å². The van der Waals surface area contributed by atoms with Crippen molar-refractivity contribution in [2.75, 3.05) is 0 Å². The molecule has 0 aromatic carbocycles. The third-order valence-corrected chi connectivity index (χ3v) is 2.09. The van der Waals surface area contributed by atoms with E-state index in [1.807, 2.05) is 0 Å². The second-order valence-electron chi connectivity index (χ2n) is 2.32. The molecule has 1 aromatic heterocycles. The van der Waals surface area contributed by atoms with E-state index < -0.39 is 17.7 Å². The molecular formula is C8H3BrF2N2O. The maximum Gasteiger partial charge on any atom is 0.266 e. The van der Waals surface area contributed by atoms with Gasteiger partial charge in [0.05, 0.1) is 4.47 Å². The van der Waals surface area contributed by atoms with Crippen LogP contribution in [0.5, 0.6) is 0 Å². The summed E-state index contributed by atoms with van der Waals surface area (Å²) < 4.78 is 24.8. The minimum atomic E-state index is -2.79. The summed E-state index contributed by atoms with van der Waals surface area (Å²) in [7, 11) is 0. The van der Waals surface area contributed by atoms with E-state index >= 15 is 0 Å². The molecule has 0 aliphatic rings. The zero-order valence-electron chi connectivity index (χ0n) is 6.67. The van der Waals surface area contributed by atoms with Gasteiger partial charge in [0.1, 0.15) is 11.8 Å². The Morgan fingerprint density at radius 3 is 2.71 bits per heavy atom. The van der Waals surface area contributed by atoms with Gasteiger partial charge in [0.2, 0.25) is 0 Å². The Kier molecular flexibility index (Phi) is 3.25. The van der Waals surface area contributed by atoms with Gasteiger partial charge in [-0.1, -0.05) is 0 Å². The zero-order valence-corrected chi connectivity index (χ0v) is 8.25. The normalized spacial score (nSPS) is 9.93. The number of hydrogen-bond donors (Lipinski definition) is 0. The first kappa shape index (κ1) is 10.7. The molecule has 0 N–H and O–H groups in total. The van der Waals surface area contributed by atoms with Gasteiger partial charge >= 0.3 is 0 Å². The summed E-state index contributed by atoms with van der Waals surface area (Å²) in [6, 6.07) is 2.70. The maximum absolute atomic E-state index is 12.3. The van der Waals surface area contributed by atoms with Gasteiger partial charge in [-0.2, -0.15) is 5.26 Å². The first-order valence-corrected chi connectivity index (χ1v) is 4.23. The number of pyridine rings is 1. The van der Waals surface area contributed by atoms with E-state index in [0.717, 1.165) is 6.07 Å². The van der Waals surface area contributed by atoms with E-state index in [0.29, 0.717) is 0 Å². The van der Waals surface area contributed by atoms with Crippen LogP contribution in [0.3, 0.4) is 0 Å². The van der Waals surface area contributed by atoms with Crippen LogP contribution in [0.4, 0.5) is 8.78 Å². The number of halogens is 3. The summed E-state index contributed by atoms with van der Waals surface area (Å²) in [6.45, 7) is 0. The second-order valence-corrected chi connectivity index (χ2v) is 3.18. The predicted octanol–water partition coefficient (Wildman–Crippen LogP) is 2.47. The number of alkyl halides is 2. The van der Waals surface area contributed by atoms with Crippen molar-refractivity contribution in [1.29, 1.82) is 5.26 Å². The molecule has 0 fully saturated rings. The fourth-order valence-corrected chi connectivity index (χ4v) is 1.29. The van der Waals surface area contributed by atoms with Crippen LogP contribution in [0.1, 0.15) is 28.2 Å². The third kappa shape index (κ3) is 1.93. The number of carbonyl (C=O) groups excluding carboxylic acids is 1. The number of aromatic nitrogens is 1. The Hall–Kier alpha value is -1.35. The van der Waals surface area contributed by atoms with Crippen molar-refractivity contribution in [3.63, 3.8) is 0 Å². The smallest absolute Gasteiger partial charge is 0.266 e. The Labute approximate surface area is 86.5 Å². The van der Waals surface area contributed by atoms with Gasteiger partial charge in [0.25, 0.3) is 6.43 Å². The molecule has 3 nitrogen and oxygen atoms in total. The summed E-state index contributed by atoms with van der Waals surface area (Å²) in [4.78, 5) is 13.9. The van der Waals surface area contributed by atoms with Crippen molar-refractivity contribution in [3.05, 3.63) is 27.5 Å². The molecule has 0 radical (unpaired) electrons. The van der Waals surface area contributed by atoms with E-state index in [1.54, 1.807) is 6.07 Å². The maximum atomic E-state index is 12.3. The molecule has 0 saturated heterocycles. The Morgan fingerprint density at radius 2 is 2.29 bits per heavy atom. The fourth-order valence-electron chi connectivity index (χ4n) is 0.865. The van der Waals surface area contributed by atoms with Crippen LogP contribution < -0.4 is 0 Å². The van der Waals surface area contributed by atoms with Gasteiger partial charge < -0.3 is 0 Å². The number of nitrogens with zero attached hydrogens (tertiary/aromatic N) is 2. The summed E-state index contributed by atoms with van der Waals surface area (Å²) in [5.41, 5.74) is -0.970. The Bertz CT molecular complexity index is 415. The average molecular weight is 261 g/mol. The van der Waals surface area contributed by atoms with E-state index in [9.17, 15) is 13.6 Å². The minimum Gasteiger partial charge on any atom is -0.296 e. The lowest BCUT2D eigenvalue weighted by Gasteiger charge is -2.04. The number of nitriles is 1. The Balaban J connectivity index is 3.40. The lowest BCUT2D eigenvalue weighted by atomic mass is 10.2. The highest BCUT2D eigenvalue weighted by Crippen LogP contribution is 2.25. The molecule has 1 rings (SSSR count). The highest BCUT2D eigenvalue weighted by molar-refractivity contribution is 9.10. The lowest BCUT2D eigenvalue weighted by Crippen LogP contribution is -2.00. The van der Waals surface area contributed by atoms with Crippen LogP contribution in [0.2, 0.25) is 0 Å².